The first-order valence-electron chi connectivity index (χ1n) is 4.22. The Hall–Kier alpha value is -1.77. The predicted octanol–water partition coefficient (Wildman–Crippen LogP) is 1.60. The summed E-state index contributed by atoms with van der Waals surface area (Å²) in [5.41, 5.74) is 2.06. The minimum absolute atomic E-state index is 0.156. The largest absolute Gasteiger partial charge is 0.504 e. The van der Waals surface area contributed by atoms with Crippen LogP contribution < -0.4 is 4.57 Å². The molecular weight excluding hydrogens is 178 g/mol. The van der Waals surface area contributed by atoms with Gasteiger partial charge in [0.2, 0.25) is 17.6 Å². The Morgan fingerprint density at radius 3 is 2.50 bits per heavy atom. The third kappa shape index (κ3) is 1.48. The van der Waals surface area contributed by atoms with E-state index in [0.717, 1.165) is 11.3 Å². The molecule has 0 aromatic carbocycles. The second-order valence-corrected chi connectivity index (χ2v) is 3.22. The smallest absolute Gasteiger partial charge is 0.223 e. The van der Waals surface area contributed by atoms with Crippen LogP contribution in [0.3, 0.4) is 0 Å². The molecule has 14 heavy (non-hydrogen) atoms. The van der Waals surface area contributed by atoms with Crippen molar-refractivity contribution in [3.63, 3.8) is 0 Å². The Bertz CT molecular complexity index is 408. The van der Waals surface area contributed by atoms with E-state index >= 15 is 0 Å². The summed E-state index contributed by atoms with van der Waals surface area (Å²) in [6, 6.07) is 0. The number of nitrogens with zero attached hydrogens (tertiary/aromatic N) is 1. The van der Waals surface area contributed by atoms with Gasteiger partial charge in [0.25, 0.3) is 0 Å². The summed E-state index contributed by atoms with van der Waals surface area (Å²) in [4.78, 5) is 0. The van der Waals surface area contributed by atoms with Gasteiger partial charge < -0.3 is 10.2 Å². The van der Waals surface area contributed by atoms with E-state index in [2.05, 4.69) is 13.2 Å². The highest BCUT2D eigenvalue weighted by atomic mass is 16.3. The third-order valence-corrected chi connectivity index (χ3v) is 2.03. The number of hydrogen-bond donors (Lipinski definition) is 2. The number of aryl methyl sites for hydroxylation is 1. The molecule has 1 aromatic rings. The van der Waals surface area contributed by atoms with Gasteiger partial charge >= 0.3 is 0 Å². The van der Waals surface area contributed by atoms with Gasteiger partial charge in [-0.25, -0.2) is 0 Å². The summed E-state index contributed by atoms with van der Waals surface area (Å²) in [6.07, 6.45) is 2.94. The van der Waals surface area contributed by atoms with Gasteiger partial charge in [-0.3, -0.25) is 0 Å². The number of hydrogen-bond acceptors (Lipinski definition) is 2. The number of pyridine rings is 1. The van der Waals surface area contributed by atoms with E-state index < -0.39 is 0 Å². The van der Waals surface area contributed by atoms with Crippen molar-refractivity contribution in [2.24, 2.45) is 7.05 Å². The lowest BCUT2D eigenvalue weighted by molar-refractivity contribution is -0.674. The van der Waals surface area contributed by atoms with Crippen LogP contribution in [0.1, 0.15) is 18.2 Å². The van der Waals surface area contributed by atoms with Crippen LogP contribution in [0, 0.1) is 0 Å². The molecule has 74 valence electrons. The third-order valence-electron chi connectivity index (χ3n) is 2.03. The molecule has 0 atom stereocenters. The van der Waals surface area contributed by atoms with Gasteiger partial charge in [-0.2, -0.15) is 4.57 Å². The molecule has 0 amide bonds. The molecule has 0 aliphatic heterocycles. The van der Waals surface area contributed by atoms with Gasteiger partial charge in [-0.15, -0.1) is 0 Å². The molecule has 1 heterocycles. The monoisotopic (exact) mass is 192 g/mol. The molecule has 3 nitrogen and oxygen atoms in total. The number of aromatic hydroxyl groups is 2. The van der Waals surface area contributed by atoms with Crippen molar-refractivity contribution in [1.29, 1.82) is 0 Å². The molecule has 0 radical (unpaired) electrons. The molecule has 0 saturated carbocycles. The Kier molecular flexibility index (Phi) is 2.60. The van der Waals surface area contributed by atoms with E-state index in [1.165, 1.54) is 12.3 Å². The molecule has 0 fully saturated rings. The molecule has 1 rings (SSSR count). The standard InChI is InChI=1S/C11H13NO2/c1-5-8-10(7(2)3)12(4)6-9(13)11(8)14/h5-6,13H,1-2H2,3-4H3/p+1. The first-order chi connectivity index (χ1) is 6.49. The lowest BCUT2D eigenvalue weighted by atomic mass is 10.1. The first kappa shape index (κ1) is 10.3. The predicted molar refractivity (Wildman–Crippen MR) is 55.7 cm³/mol. The number of aromatic nitrogens is 1. The van der Waals surface area contributed by atoms with Crippen LogP contribution in [-0.4, -0.2) is 10.2 Å². The minimum atomic E-state index is -0.160. The van der Waals surface area contributed by atoms with E-state index in [1.54, 1.807) is 11.6 Å². The molecule has 1 aromatic heterocycles. The van der Waals surface area contributed by atoms with Crippen LogP contribution in [0.2, 0.25) is 0 Å². The van der Waals surface area contributed by atoms with Crippen LogP contribution in [-0.2, 0) is 7.05 Å². The summed E-state index contributed by atoms with van der Waals surface area (Å²) in [7, 11) is 1.77. The van der Waals surface area contributed by atoms with Crippen LogP contribution in [0.4, 0.5) is 0 Å². The Balaban J connectivity index is 3.63. The van der Waals surface area contributed by atoms with Gasteiger partial charge in [0.15, 0.2) is 5.75 Å². The molecule has 3 heteroatoms. The molecule has 0 bridgehead atoms. The van der Waals surface area contributed by atoms with Gasteiger partial charge in [0, 0.05) is 5.57 Å². The van der Waals surface area contributed by atoms with Crippen molar-refractivity contribution < 1.29 is 14.8 Å². The molecule has 0 aliphatic rings. The first-order valence-corrected chi connectivity index (χ1v) is 4.22. The van der Waals surface area contributed by atoms with E-state index in [1.807, 2.05) is 6.92 Å². The summed E-state index contributed by atoms with van der Waals surface area (Å²) in [5.74, 6) is -0.316. The molecule has 0 saturated heterocycles. The fourth-order valence-electron chi connectivity index (χ4n) is 1.47. The van der Waals surface area contributed by atoms with Gasteiger partial charge in [0.1, 0.15) is 7.05 Å². The molecule has 0 spiro atoms. The Morgan fingerprint density at radius 2 is 2.07 bits per heavy atom. The zero-order chi connectivity index (χ0) is 10.9. The normalized spacial score (nSPS) is 9.86. The Morgan fingerprint density at radius 1 is 1.50 bits per heavy atom. The fraction of sp³-hybridized carbons (Fsp3) is 0.182. The lowest BCUT2D eigenvalue weighted by Crippen LogP contribution is -2.33. The number of allylic oxidation sites excluding steroid dienone is 1. The zero-order valence-electron chi connectivity index (χ0n) is 8.41. The lowest BCUT2D eigenvalue weighted by Gasteiger charge is -2.06. The average Bonchev–Trinajstić information content (AvgIpc) is 2.09. The maximum absolute atomic E-state index is 9.58. The highest BCUT2D eigenvalue weighted by Crippen LogP contribution is 2.31. The van der Waals surface area contributed by atoms with Crippen LogP contribution >= 0.6 is 0 Å². The summed E-state index contributed by atoms with van der Waals surface area (Å²) >= 11 is 0. The van der Waals surface area contributed by atoms with Crippen molar-refractivity contribution >= 4 is 11.6 Å². The van der Waals surface area contributed by atoms with E-state index in [0.29, 0.717) is 5.56 Å². The molecule has 0 aliphatic carbocycles. The Labute approximate surface area is 83.3 Å². The second-order valence-electron chi connectivity index (χ2n) is 3.22. The van der Waals surface area contributed by atoms with Crippen LogP contribution in [0.25, 0.3) is 11.6 Å². The summed E-state index contributed by atoms with van der Waals surface area (Å²) in [6.45, 7) is 9.23. The highest BCUT2D eigenvalue weighted by molar-refractivity contribution is 5.71. The minimum Gasteiger partial charge on any atom is -0.504 e. The fourth-order valence-corrected chi connectivity index (χ4v) is 1.47. The van der Waals surface area contributed by atoms with E-state index in [4.69, 9.17) is 0 Å². The maximum Gasteiger partial charge on any atom is 0.223 e. The van der Waals surface area contributed by atoms with Crippen molar-refractivity contribution in [2.75, 3.05) is 0 Å². The SMILES string of the molecule is C=Cc1c(O)c(O)c[n+](C)c1C(=C)C. The van der Waals surface area contributed by atoms with E-state index in [9.17, 15) is 10.2 Å². The van der Waals surface area contributed by atoms with Crippen molar-refractivity contribution in [2.45, 2.75) is 6.92 Å². The van der Waals surface area contributed by atoms with Crippen molar-refractivity contribution in [3.05, 3.63) is 30.6 Å². The zero-order valence-corrected chi connectivity index (χ0v) is 8.41. The number of rotatable bonds is 2. The molecule has 0 unspecified atom stereocenters. The average molecular weight is 192 g/mol. The van der Waals surface area contributed by atoms with Gasteiger partial charge in [-0.05, 0) is 6.92 Å². The van der Waals surface area contributed by atoms with Crippen molar-refractivity contribution in [3.8, 4) is 11.5 Å². The summed E-state index contributed by atoms with van der Waals surface area (Å²) < 4.78 is 1.70. The van der Waals surface area contributed by atoms with Gasteiger partial charge in [-0.1, -0.05) is 19.2 Å². The second kappa shape index (κ2) is 3.54. The van der Waals surface area contributed by atoms with Gasteiger partial charge in [0.05, 0.1) is 5.56 Å². The van der Waals surface area contributed by atoms with Crippen LogP contribution in [0.5, 0.6) is 11.5 Å². The quantitative estimate of drug-likeness (QED) is 0.699. The molecule has 2 N–H and O–H groups in total. The highest BCUT2D eigenvalue weighted by Gasteiger charge is 2.20. The van der Waals surface area contributed by atoms with E-state index in [-0.39, 0.29) is 11.5 Å². The maximum atomic E-state index is 9.58. The summed E-state index contributed by atoms with van der Waals surface area (Å²) in [5, 5.41) is 18.9. The van der Waals surface area contributed by atoms with Crippen molar-refractivity contribution in [1.82, 2.24) is 0 Å². The van der Waals surface area contributed by atoms with Crippen LogP contribution in [0.15, 0.2) is 19.4 Å². The molecular formula is C11H14NO2+. The topological polar surface area (TPSA) is 44.3 Å².